The molecular formula is C15H24N2O2S. The monoisotopic (exact) mass is 296 g/mol. The van der Waals surface area contributed by atoms with Crippen molar-refractivity contribution >= 4 is 15.7 Å². The Balaban J connectivity index is 2.10. The summed E-state index contributed by atoms with van der Waals surface area (Å²) in [6, 6.07) is 6.40. The third-order valence-electron chi connectivity index (χ3n) is 4.16. The molecule has 5 heteroatoms. The molecule has 3 N–H and O–H groups in total. The molecule has 1 aromatic rings. The standard InChI is InChI=1S/C15H24N2O2S/c1-2-15(12-6-4-3-5-7-12)17-20(18,19)14-10-8-13(16)9-11-14/h8-12,15,17H,2-7,16H2,1H3. The number of nitrogen functional groups attached to an aromatic ring is 1. The molecule has 0 radical (unpaired) electrons. The first-order chi connectivity index (χ1) is 9.53. The topological polar surface area (TPSA) is 72.2 Å². The Hall–Kier alpha value is -1.07. The number of hydrogen-bond donors (Lipinski definition) is 2. The van der Waals surface area contributed by atoms with Crippen molar-refractivity contribution < 1.29 is 8.42 Å². The second-order valence-corrected chi connectivity index (χ2v) is 7.32. The molecule has 112 valence electrons. The normalized spacial score (nSPS) is 18.9. The zero-order valence-electron chi connectivity index (χ0n) is 12.0. The first kappa shape index (κ1) is 15.3. The fourth-order valence-corrected chi connectivity index (χ4v) is 4.35. The quantitative estimate of drug-likeness (QED) is 0.821. The summed E-state index contributed by atoms with van der Waals surface area (Å²) in [7, 11) is -3.44. The lowest BCUT2D eigenvalue weighted by atomic mass is 9.83. The Morgan fingerprint density at radius 3 is 2.35 bits per heavy atom. The minimum atomic E-state index is -3.44. The average molecular weight is 296 g/mol. The number of nitrogens with one attached hydrogen (secondary N) is 1. The van der Waals surface area contributed by atoms with Crippen LogP contribution in [0.15, 0.2) is 29.2 Å². The van der Waals surface area contributed by atoms with E-state index in [0.29, 0.717) is 16.5 Å². The highest BCUT2D eigenvalue weighted by atomic mass is 32.2. The van der Waals surface area contributed by atoms with Gasteiger partial charge in [0.1, 0.15) is 0 Å². The largest absolute Gasteiger partial charge is 0.399 e. The van der Waals surface area contributed by atoms with Crippen molar-refractivity contribution in [3.05, 3.63) is 24.3 Å². The van der Waals surface area contributed by atoms with Gasteiger partial charge in [-0.05, 0) is 49.4 Å². The Labute approximate surface area is 121 Å². The highest BCUT2D eigenvalue weighted by Crippen LogP contribution is 2.28. The van der Waals surface area contributed by atoms with E-state index in [1.165, 1.54) is 19.3 Å². The van der Waals surface area contributed by atoms with Crippen LogP contribution in [0, 0.1) is 5.92 Å². The van der Waals surface area contributed by atoms with E-state index < -0.39 is 10.0 Å². The van der Waals surface area contributed by atoms with Gasteiger partial charge in [-0.2, -0.15) is 0 Å². The van der Waals surface area contributed by atoms with Crippen LogP contribution in [-0.2, 0) is 10.0 Å². The molecule has 0 amide bonds. The number of benzene rings is 1. The van der Waals surface area contributed by atoms with Gasteiger partial charge in [0.15, 0.2) is 0 Å². The second-order valence-electron chi connectivity index (χ2n) is 5.60. The number of sulfonamides is 1. The van der Waals surface area contributed by atoms with Gasteiger partial charge in [-0.25, -0.2) is 13.1 Å². The van der Waals surface area contributed by atoms with E-state index in [1.54, 1.807) is 24.3 Å². The highest BCUT2D eigenvalue weighted by Gasteiger charge is 2.26. The first-order valence-corrected chi connectivity index (χ1v) is 8.89. The van der Waals surface area contributed by atoms with E-state index in [1.807, 2.05) is 6.92 Å². The summed E-state index contributed by atoms with van der Waals surface area (Å²) in [6.07, 6.45) is 6.79. The molecule has 0 bridgehead atoms. The van der Waals surface area contributed by atoms with Crippen LogP contribution in [0.5, 0.6) is 0 Å². The van der Waals surface area contributed by atoms with Crippen LogP contribution < -0.4 is 10.5 Å². The predicted molar refractivity (Wildman–Crippen MR) is 81.8 cm³/mol. The zero-order chi connectivity index (χ0) is 14.6. The molecule has 2 rings (SSSR count). The van der Waals surface area contributed by atoms with Crippen LogP contribution >= 0.6 is 0 Å². The van der Waals surface area contributed by atoms with Gasteiger partial charge in [0, 0.05) is 11.7 Å². The van der Waals surface area contributed by atoms with Gasteiger partial charge in [-0.15, -0.1) is 0 Å². The fraction of sp³-hybridized carbons (Fsp3) is 0.600. The summed E-state index contributed by atoms with van der Waals surface area (Å²) < 4.78 is 27.7. The molecule has 20 heavy (non-hydrogen) atoms. The van der Waals surface area contributed by atoms with E-state index in [9.17, 15) is 8.42 Å². The van der Waals surface area contributed by atoms with Crippen LogP contribution in [0.1, 0.15) is 45.4 Å². The molecule has 0 saturated heterocycles. The maximum Gasteiger partial charge on any atom is 0.240 e. The smallest absolute Gasteiger partial charge is 0.240 e. The summed E-state index contributed by atoms with van der Waals surface area (Å²) in [5, 5.41) is 0. The molecule has 4 nitrogen and oxygen atoms in total. The molecule has 1 saturated carbocycles. The van der Waals surface area contributed by atoms with Gasteiger partial charge >= 0.3 is 0 Å². The number of rotatable bonds is 5. The lowest BCUT2D eigenvalue weighted by Gasteiger charge is -2.30. The van der Waals surface area contributed by atoms with Gasteiger partial charge in [0.25, 0.3) is 0 Å². The molecule has 1 unspecified atom stereocenters. The predicted octanol–water partition coefficient (Wildman–Crippen LogP) is 2.91. The van der Waals surface area contributed by atoms with Gasteiger partial charge in [0.05, 0.1) is 4.90 Å². The third-order valence-corrected chi connectivity index (χ3v) is 5.66. The SMILES string of the molecule is CCC(NS(=O)(=O)c1ccc(N)cc1)C1CCCCC1. The van der Waals surface area contributed by atoms with Crippen molar-refractivity contribution in [1.82, 2.24) is 4.72 Å². The summed E-state index contributed by atoms with van der Waals surface area (Å²) in [5.41, 5.74) is 6.17. The molecule has 0 heterocycles. The first-order valence-electron chi connectivity index (χ1n) is 7.41. The molecule has 0 spiro atoms. The van der Waals surface area contributed by atoms with Gasteiger partial charge in [-0.3, -0.25) is 0 Å². The van der Waals surface area contributed by atoms with E-state index in [0.717, 1.165) is 19.3 Å². The van der Waals surface area contributed by atoms with Crippen molar-refractivity contribution in [3.63, 3.8) is 0 Å². The molecule has 1 fully saturated rings. The van der Waals surface area contributed by atoms with Crippen molar-refractivity contribution in [2.75, 3.05) is 5.73 Å². The van der Waals surface area contributed by atoms with E-state index in [-0.39, 0.29) is 6.04 Å². The number of nitrogens with two attached hydrogens (primary N) is 1. The van der Waals surface area contributed by atoms with Crippen LogP contribution in [0.2, 0.25) is 0 Å². The molecule has 0 aliphatic heterocycles. The Bertz CT molecular complexity index is 519. The fourth-order valence-electron chi connectivity index (χ4n) is 2.96. The summed E-state index contributed by atoms with van der Waals surface area (Å²) >= 11 is 0. The lowest BCUT2D eigenvalue weighted by molar-refractivity contribution is 0.285. The maximum absolute atomic E-state index is 12.4. The third kappa shape index (κ3) is 3.73. The summed E-state index contributed by atoms with van der Waals surface area (Å²) in [4.78, 5) is 0.293. The minimum Gasteiger partial charge on any atom is -0.399 e. The second kappa shape index (κ2) is 6.59. The molecule has 1 aromatic carbocycles. The lowest BCUT2D eigenvalue weighted by Crippen LogP contribution is -2.40. The molecule has 1 atom stereocenters. The van der Waals surface area contributed by atoms with Crippen molar-refractivity contribution in [1.29, 1.82) is 0 Å². The van der Waals surface area contributed by atoms with Crippen LogP contribution in [-0.4, -0.2) is 14.5 Å². The van der Waals surface area contributed by atoms with Gasteiger partial charge in [0.2, 0.25) is 10.0 Å². The van der Waals surface area contributed by atoms with Crippen molar-refractivity contribution in [2.24, 2.45) is 5.92 Å². The molecule has 1 aliphatic rings. The van der Waals surface area contributed by atoms with Crippen LogP contribution in [0.25, 0.3) is 0 Å². The van der Waals surface area contributed by atoms with Crippen molar-refractivity contribution in [3.8, 4) is 0 Å². The molecule has 1 aliphatic carbocycles. The number of anilines is 1. The Morgan fingerprint density at radius 2 is 1.80 bits per heavy atom. The van der Waals surface area contributed by atoms with E-state index in [4.69, 9.17) is 5.73 Å². The summed E-state index contributed by atoms with van der Waals surface area (Å²) in [6.45, 7) is 2.05. The summed E-state index contributed by atoms with van der Waals surface area (Å²) in [5.74, 6) is 0.470. The minimum absolute atomic E-state index is 0.0397. The number of hydrogen-bond acceptors (Lipinski definition) is 3. The van der Waals surface area contributed by atoms with Crippen molar-refractivity contribution in [2.45, 2.75) is 56.4 Å². The maximum atomic E-state index is 12.4. The molecule has 0 aromatic heterocycles. The van der Waals surface area contributed by atoms with E-state index >= 15 is 0 Å². The van der Waals surface area contributed by atoms with E-state index in [2.05, 4.69) is 4.72 Å². The Morgan fingerprint density at radius 1 is 1.20 bits per heavy atom. The zero-order valence-corrected chi connectivity index (χ0v) is 12.8. The van der Waals surface area contributed by atoms with Gasteiger partial charge in [-0.1, -0.05) is 26.2 Å². The average Bonchev–Trinajstić information content (AvgIpc) is 2.46. The Kier molecular flexibility index (Phi) is 5.05. The van der Waals surface area contributed by atoms with Crippen LogP contribution in [0.4, 0.5) is 5.69 Å². The van der Waals surface area contributed by atoms with Gasteiger partial charge < -0.3 is 5.73 Å². The van der Waals surface area contributed by atoms with Crippen LogP contribution in [0.3, 0.4) is 0 Å². The highest BCUT2D eigenvalue weighted by molar-refractivity contribution is 7.89. The molecular weight excluding hydrogens is 272 g/mol.